The zero-order valence-corrected chi connectivity index (χ0v) is 25.6. The van der Waals surface area contributed by atoms with Gasteiger partial charge in [0.25, 0.3) is 0 Å². The van der Waals surface area contributed by atoms with E-state index in [1.54, 1.807) is 35.2 Å². The van der Waals surface area contributed by atoms with Gasteiger partial charge in [-0.2, -0.15) is 5.26 Å². The van der Waals surface area contributed by atoms with Crippen LogP contribution in [0, 0.1) is 26.9 Å². The second-order valence-corrected chi connectivity index (χ2v) is 13.2. The molecule has 1 aliphatic heterocycles. The van der Waals surface area contributed by atoms with Crippen LogP contribution < -0.4 is 25.2 Å². The van der Waals surface area contributed by atoms with E-state index in [-0.39, 0.29) is 46.5 Å². The van der Waals surface area contributed by atoms with Crippen LogP contribution in [0.4, 0.5) is 11.4 Å². The van der Waals surface area contributed by atoms with Gasteiger partial charge in [0.1, 0.15) is 18.2 Å². The van der Waals surface area contributed by atoms with Crippen LogP contribution in [0.2, 0.25) is 0 Å². The lowest BCUT2D eigenvalue weighted by molar-refractivity contribution is -0.385. The molecule has 1 atom stereocenters. The highest BCUT2D eigenvalue weighted by Crippen LogP contribution is 2.50. The molecule has 0 aromatic heterocycles. The Morgan fingerprint density at radius 1 is 1.09 bits per heavy atom. The van der Waals surface area contributed by atoms with E-state index in [1.807, 2.05) is 13.8 Å². The lowest BCUT2D eigenvalue weighted by atomic mass is 9.68. The molecule has 2 aliphatic rings. The molecule has 0 radical (unpaired) electrons. The van der Waals surface area contributed by atoms with E-state index in [1.165, 1.54) is 43.5 Å². The van der Waals surface area contributed by atoms with Gasteiger partial charge < -0.3 is 15.2 Å². The smallest absolute Gasteiger partial charge is 0.310 e. The lowest BCUT2D eigenvalue weighted by Crippen LogP contribution is -2.42. The summed E-state index contributed by atoms with van der Waals surface area (Å²) in [5.74, 6) is -0.335. The van der Waals surface area contributed by atoms with Crippen molar-refractivity contribution in [3.63, 3.8) is 0 Å². The van der Waals surface area contributed by atoms with Crippen molar-refractivity contribution in [2.45, 2.75) is 44.1 Å². The summed E-state index contributed by atoms with van der Waals surface area (Å²) in [6.45, 7) is 3.85. The number of nitriles is 1. The fourth-order valence-corrected chi connectivity index (χ4v) is 6.41. The molecule has 5 rings (SSSR count). The first-order chi connectivity index (χ1) is 21.3. The Morgan fingerprint density at radius 2 is 1.78 bits per heavy atom. The number of anilines is 1. The van der Waals surface area contributed by atoms with Crippen molar-refractivity contribution in [3.05, 3.63) is 111 Å². The fraction of sp³-hybridized carbons (Fsp3) is 0.250. The van der Waals surface area contributed by atoms with Crippen molar-refractivity contribution in [2.24, 2.45) is 16.3 Å². The minimum atomic E-state index is -3.95. The molecule has 12 nitrogen and oxygen atoms in total. The Bertz CT molecular complexity index is 1930. The average Bonchev–Trinajstić information content (AvgIpc) is 2.98. The number of ether oxygens (including phenoxy) is 2. The van der Waals surface area contributed by atoms with Crippen molar-refractivity contribution >= 4 is 27.2 Å². The van der Waals surface area contributed by atoms with Crippen LogP contribution in [0.15, 0.2) is 94.3 Å². The van der Waals surface area contributed by atoms with E-state index in [0.29, 0.717) is 40.3 Å². The molecule has 0 fully saturated rings. The number of allylic oxidation sites excluding steroid dienone is 3. The maximum Gasteiger partial charge on any atom is 0.310 e. The largest absolute Gasteiger partial charge is 0.496 e. The molecule has 13 heteroatoms. The van der Waals surface area contributed by atoms with Gasteiger partial charge in [-0.05, 0) is 59.9 Å². The standard InChI is InChI=1S/C32H31N5O7S/c1-32(2)15-25-30(26(38)16-32)29(23(17-33)31(34)36(25)21-9-11-22(12-10-21)45(35,41)42)19-8-13-27(43-3)20(14-19)18-44-28-7-5-4-6-24(28)37(39)40/h4-14,29H,15-16,18,34H2,1-3H3,(H2,35,41,42)/t29-/m1/s1. The summed E-state index contributed by atoms with van der Waals surface area (Å²) in [7, 11) is -2.47. The number of sulfonamides is 1. The third-order valence-electron chi connectivity index (χ3n) is 7.89. The molecule has 4 N–H and O–H groups in total. The molecule has 0 spiro atoms. The third kappa shape index (κ3) is 5.98. The Labute approximate surface area is 260 Å². The maximum atomic E-state index is 13.9. The van der Waals surface area contributed by atoms with Crippen molar-refractivity contribution in [3.8, 4) is 17.6 Å². The summed E-state index contributed by atoms with van der Waals surface area (Å²) in [4.78, 5) is 26.4. The minimum Gasteiger partial charge on any atom is -0.496 e. The summed E-state index contributed by atoms with van der Waals surface area (Å²) in [6.07, 6.45) is 0.688. The first-order valence-corrected chi connectivity index (χ1v) is 15.4. The molecule has 3 aromatic carbocycles. The molecule has 0 amide bonds. The van der Waals surface area contributed by atoms with Crippen molar-refractivity contribution in [2.75, 3.05) is 12.0 Å². The van der Waals surface area contributed by atoms with Crippen LogP contribution >= 0.6 is 0 Å². The number of methoxy groups -OCH3 is 1. The van der Waals surface area contributed by atoms with Gasteiger partial charge in [0.2, 0.25) is 10.0 Å². The predicted molar refractivity (Wildman–Crippen MR) is 165 cm³/mol. The van der Waals surface area contributed by atoms with Gasteiger partial charge in [-0.15, -0.1) is 0 Å². The second-order valence-electron chi connectivity index (χ2n) is 11.6. The first kappa shape index (κ1) is 31.2. The Hall–Kier alpha value is -5.19. The zero-order chi connectivity index (χ0) is 32.7. The lowest BCUT2D eigenvalue weighted by Gasteiger charge is -2.43. The number of nitrogens with two attached hydrogens (primary N) is 2. The number of ketones is 1. The average molecular weight is 630 g/mol. The third-order valence-corrected chi connectivity index (χ3v) is 8.82. The number of carbonyl (C=O) groups is 1. The molecule has 1 aliphatic carbocycles. The summed E-state index contributed by atoms with van der Waals surface area (Å²) >= 11 is 0. The van der Waals surface area contributed by atoms with Gasteiger partial charge in [0.15, 0.2) is 11.5 Å². The molecule has 45 heavy (non-hydrogen) atoms. The molecule has 0 unspecified atom stereocenters. The van der Waals surface area contributed by atoms with Crippen LogP contribution in [0.5, 0.6) is 11.5 Å². The van der Waals surface area contributed by atoms with Gasteiger partial charge in [0.05, 0.1) is 34.5 Å². The van der Waals surface area contributed by atoms with E-state index < -0.39 is 26.3 Å². The minimum absolute atomic E-state index is 0.0771. The number of rotatable bonds is 8. The van der Waals surface area contributed by atoms with Crippen LogP contribution in [-0.2, 0) is 21.4 Å². The highest BCUT2D eigenvalue weighted by Gasteiger charge is 2.45. The van der Waals surface area contributed by atoms with Crippen molar-refractivity contribution in [1.29, 1.82) is 5.26 Å². The highest BCUT2D eigenvalue weighted by molar-refractivity contribution is 7.89. The number of para-hydroxylation sites is 2. The number of Topliss-reactive ketones (excluding diaryl/α,β-unsaturated/α-hetero) is 1. The van der Waals surface area contributed by atoms with Gasteiger partial charge in [-0.3, -0.25) is 19.8 Å². The number of nitrogens with zero attached hydrogens (tertiary/aromatic N) is 3. The molecular formula is C32H31N5O7S. The Morgan fingerprint density at radius 3 is 2.40 bits per heavy atom. The number of nitro groups is 1. The number of hydrogen-bond acceptors (Lipinski definition) is 10. The monoisotopic (exact) mass is 629 g/mol. The van der Waals surface area contributed by atoms with Crippen LogP contribution in [-0.4, -0.2) is 26.2 Å². The molecular weight excluding hydrogens is 598 g/mol. The second kappa shape index (κ2) is 11.7. The van der Waals surface area contributed by atoms with E-state index >= 15 is 0 Å². The molecule has 0 bridgehead atoms. The number of nitro benzene ring substituents is 1. The number of benzene rings is 3. The van der Waals surface area contributed by atoms with Crippen molar-refractivity contribution in [1.82, 2.24) is 0 Å². The van der Waals surface area contributed by atoms with E-state index in [9.17, 15) is 28.6 Å². The van der Waals surface area contributed by atoms with Gasteiger partial charge in [-0.25, -0.2) is 13.6 Å². The maximum absolute atomic E-state index is 13.9. The molecule has 0 saturated heterocycles. The summed E-state index contributed by atoms with van der Waals surface area (Å²) in [6, 6.07) is 19.2. The zero-order valence-electron chi connectivity index (χ0n) is 24.8. The fourth-order valence-electron chi connectivity index (χ4n) is 5.90. The SMILES string of the molecule is COc1ccc([C@@H]2C(C#N)=C(N)N(c3ccc(S(N)(=O)=O)cc3)C3=C2C(=O)CC(C)(C)C3)cc1COc1ccccc1[N+](=O)[O-]. The van der Waals surface area contributed by atoms with Gasteiger partial charge in [-0.1, -0.05) is 32.0 Å². The Balaban J connectivity index is 1.63. The predicted octanol–water partition coefficient (Wildman–Crippen LogP) is 4.77. The van der Waals surface area contributed by atoms with E-state index in [2.05, 4.69) is 6.07 Å². The topological polar surface area (TPSA) is 192 Å². The van der Waals surface area contributed by atoms with Crippen LogP contribution in [0.1, 0.15) is 43.7 Å². The number of primary sulfonamides is 1. The van der Waals surface area contributed by atoms with Crippen LogP contribution in [0.3, 0.4) is 0 Å². The van der Waals surface area contributed by atoms with E-state index in [4.69, 9.17) is 20.3 Å². The molecule has 232 valence electrons. The summed E-state index contributed by atoms with van der Waals surface area (Å²) in [5.41, 5.74) is 8.84. The van der Waals surface area contributed by atoms with Crippen molar-refractivity contribution < 1.29 is 27.6 Å². The quantitative estimate of drug-likeness (QED) is 0.259. The normalized spacial score (nSPS) is 17.9. The first-order valence-electron chi connectivity index (χ1n) is 13.9. The molecule has 1 heterocycles. The Kier molecular flexibility index (Phi) is 8.14. The molecule has 0 saturated carbocycles. The van der Waals surface area contributed by atoms with Crippen LogP contribution in [0.25, 0.3) is 0 Å². The summed E-state index contributed by atoms with van der Waals surface area (Å²) < 4.78 is 35.1. The van der Waals surface area contributed by atoms with E-state index in [0.717, 1.165) is 0 Å². The number of carbonyl (C=O) groups excluding carboxylic acids is 1. The highest BCUT2D eigenvalue weighted by atomic mass is 32.2. The molecule has 3 aromatic rings. The number of hydrogen-bond donors (Lipinski definition) is 2. The van der Waals surface area contributed by atoms with Gasteiger partial charge in [0, 0.05) is 35.0 Å². The summed E-state index contributed by atoms with van der Waals surface area (Å²) in [5, 5.41) is 27.2. The van der Waals surface area contributed by atoms with Gasteiger partial charge >= 0.3 is 5.69 Å².